The van der Waals surface area contributed by atoms with Crippen LogP contribution < -0.4 is 5.73 Å². The van der Waals surface area contributed by atoms with Crippen LogP contribution in [0.3, 0.4) is 0 Å². The van der Waals surface area contributed by atoms with Crippen LogP contribution in [-0.4, -0.2) is 58.0 Å². The Labute approximate surface area is 112 Å². The van der Waals surface area contributed by atoms with Gasteiger partial charge in [-0.25, -0.2) is 0 Å². The highest BCUT2D eigenvalue weighted by molar-refractivity contribution is 7.99. The van der Waals surface area contributed by atoms with Crippen molar-refractivity contribution in [3.8, 4) is 0 Å². The van der Waals surface area contributed by atoms with Gasteiger partial charge in [-0.15, -0.1) is 0 Å². The number of nitrogens with two attached hydrogens (primary N) is 1. The standard InChI is InChI=1S/C11H21BN2O3S/c13-10(8-3-6-18-7-4-8)11(15)14-5-1-2-9(14)12(16)17/h8-10,16-17H,1-7,13H2/t9-,10-/m0/s1. The Bertz CT molecular complexity index is 300. The zero-order valence-corrected chi connectivity index (χ0v) is 11.3. The predicted molar refractivity (Wildman–Crippen MR) is 73.0 cm³/mol. The quantitative estimate of drug-likeness (QED) is 0.601. The average molecular weight is 272 g/mol. The number of nitrogens with zero attached hydrogens (tertiary/aromatic N) is 1. The van der Waals surface area contributed by atoms with E-state index >= 15 is 0 Å². The summed E-state index contributed by atoms with van der Waals surface area (Å²) in [5.41, 5.74) is 6.07. The van der Waals surface area contributed by atoms with Gasteiger partial charge in [0.05, 0.1) is 12.0 Å². The molecular formula is C11H21BN2O3S. The number of carbonyl (C=O) groups is 1. The maximum Gasteiger partial charge on any atom is 0.475 e. The van der Waals surface area contributed by atoms with Crippen LogP contribution in [0.25, 0.3) is 0 Å². The van der Waals surface area contributed by atoms with E-state index in [1.165, 1.54) is 0 Å². The Morgan fingerprint density at radius 1 is 1.33 bits per heavy atom. The Morgan fingerprint density at radius 2 is 2.00 bits per heavy atom. The van der Waals surface area contributed by atoms with E-state index in [-0.39, 0.29) is 11.8 Å². The van der Waals surface area contributed by atoms with Crippen LogP contribution in [0.5, 0.6) is 0 Å². The van der Waals surface area contributed by atoms with Crippen LogP contribution in [0.15, 0.2) is 0 Å². The van der Waals surface area contributed by atoms with Crippen molar-refractivity contribution in [2.75, 3.05) is 18.1 Å². The topological polar surface area (TPSA) is 86.8 Å². The molecule has 2 atom stereocenters. The van der Waals surface area contributed by atoms with Crippen LogP contribution >= 0.6 is 11.8 Å². The van der Waals surface area contributed by atoms with Gasteiger partial charge in [0.15, 0.2) is 0 Å². The van der Waals surface area contributed by atoms with Gasteiger partial charge in [-0.2, -0.15) is 11.8 Å². The lowest BCUT2D eigenvalue weighted by Crippen LogP contribution is -2.53. The molecular weight excluding hydrogens is 251 g/mol. The van der Waals surface area contributed by atoms with E-state index in [1.54, 1.807) is 4.90 Å². The normalized spacial score (nSPS) is 27.3. The molecule has 2 rings (SSSR count). The van der Waals surface area contributed by atoms with Gasteiger partial charge in [0.25, 0.3) is 0 Å². The summed E-state index contributed by atoms with van der Waals surface area (Å²) in [4.78, 5) is 13.9. The van der Waals surface area contributed by atoms with Crippen molar-refractivity contribution >= 4 is 24.8 Å². The van der Waals surface area contributed by atoms with Crippen molar-refractivity contribution < 1.29 is 14.8 Å². The Morgan fingerprint density at radius 3 is 2.61 bits per heavy atom. The molecule has 2 aliphatic rings. The molecule has 0 bridgehead atoms. The Hall–Kier alpha value is -0.235. The molecule has 0 aromatic rings. The summed E-state index contributed by atoms with van der Waals surface area (Å²) in [7, 11) is -1.45. The molecule has 0 saturated carbocycles. The molecule has 18 heavy (non-hydrogen) atoms. The monoisotopic (exact) mass is 272 g/mol. The second-order valence-electron chi connectivity index (χ2n) is 5.13. The fourth-order valence-corrected chi connectivity index (χ4v) is 3.99. The van der Waals surface area contributed by atoms with Gasteiger partial charge in [-0.05, 0) is 43.1 Å². The summed E-state index contributed by atoms with van der Waals surface area (Å²) in [5, 5.41) is 18.6. The van der Waals surface area contributed by atoms with E-state index in [1.807, 2.05) is 11.8 Å². The van der Waals surface area contributed by atoms with Crippen LogP contribution in [0.1, 0.15) is 25.7 Å². The lowest BCUT2D eigenvalue weighted by atomic mass is 9.77. The fourth-order valence-electron chi connectivity index (χ4n) is 2.84. The zero-order chi connectivity index (χ0) is 13.1. The third kappa shape index (κ3) is 3.01. The van der Waals surface area contributed by atoms with Crippen LogP contribution in [0.2, 0.25) is 0 Å². The van der Waals surface area contributed by atoms with E-state index < -0.39 is 19.1 Å². The lowest BCUT2D eigenvalue weighted by molar-refractivity contribution is -0.134. The average Bonchev–Trinajstić information content (AvgIpc) is 2.87. The van der Waals surface area contributed by atoms with Gasteiger partial charge in [0, 0.05) is 6.54 Å². The summed E-state index contributed by atoms with van der Waals surface area (Å²) >= 11 is 1.91. The second-order valence-corrected chi connectivity index (χ2v) is 6.36. The van der Waals surface area contributed by atoms with E-state index in [0.29, 0.717) is 13.0 Å². The first-order valence-corrected chi connectivity index (χ1v) is 7.76. The molecule has 1 amide bonds. The second kappa shape index (κ2) is 6.28. The molecule has 0 spiro atoms. The molecule has 0 aliphatic carbocycles. The van der Waals surface area contributed by atoms with E-state index in [4.69, 9.17) is 5.73 Å². The lowest BCUT2D eigenvalue weighted by Gasteiger charge is -2.32. The number of amides is 1. The minimum Gasteiger partial charge on any atom is -0.426 e. The molecule has 0 aromatic carbocycles. The van der Waals surface area contributed by atoms with Gasteiger partial charge >= 0.3 is 7.12 Å². The van der Waals surface area contributed by atoms with Crippen molar-refractivity contribution in [3.05, 3.63) is 0 Å². The molecule has 102 valence electrons. The molecule has 2 fully saturated rings. The first-order chi connectivity index (χ1) is 8.61. The van der Waals surface area contributed by atoms with Gasteiger partial charge < -0.3 is 20.7 Å². The summed E-state index contributed by atoms with van der Waals surface area (Å²) in [6, 6.07) is -0.481. The maximum atomic E-state index is 12.3. The molecule has 0 unspecified atom stereocenters. The van der Waals surface area contributed by atoms with Crippen LogP contribution in [-0.2, 0) is 4.79 Å². The zero-order valence-electron chi connectivity index (χ0n) is 10.5. The molecule has 0 aromatic heterocycles. The Balaban J connectivity index is 1.96. The van der Waals surface area contributed by atoms with E-state index in [2.05, 4.69) is 0 Å². The van der Waals surface area contributed by atoms with Gasteiger partial charge in [0.2, 0.25) is 5.91 Å². The predicted octanol–water partition coefficient (Wildman–Crippen LogP) is -0.540. The van der Waals surface area contributed by atoms with Gasteiger partial charge in [-0.1, -0.05) is 0 Å². The molecule has 0 radical (unpaired) electrons. The van der Waals surface area contributed by atoms with Crippen molar-refractivity contribution in [1.29, 1.82) is 0 Å². The summed E-state index contributed by atoms with van der Waals surface area (Å²) in [6.07, 6.45) is 3.44. The van der Waals surface area contributed by atoms with Crippen molar-refractivity contribution in [2.24, 2.45) is 11.7 Å². The summed E-state index contributed by atoms with van der Waals surface area (Å²) in [5.74, 6) is 1.80. The number of hydrogen-bond acceptors (Lipinski definition) is 5. The largest absolute Gasteiger partial charge is 0.475 e. The first-order valence-electron chi connectivity index (χ1n) is 6.61. The highest BCUT2D eigenvalue weighted by Gasteiger charge is 2.40. The maximum absolute atomic E-state index is 12.3. The van der Waals surface area contributed by atoms with Crippen molar-refractivity contribution in [1.82, 2.24) is 4.90 Å². The first kappa shape index (κ1) is 14.2. The third-order valence-corrected chi connectivity index (χ3v) is 5.03. The highest BCUT2D eigenvalue weighted by atomic mass is 32.2. The molecule has 2 saturated heterocycles. The smallest absolute Gasteiger partial charge is 0.426 e. The molecule has 2 heterocycles. The number of likely N-dealkylation sites (tertiary alicyclic amines) is 1. The van der Waals surface area contributed by atoms with E-state index in [0.717, 1.165) is 30.8 Å². The van der Waals surface area contributed by atoms with Gasteiger partial charge in [-0.3, -0.25) is 4.79 Å². The van der Waals surface area contributed by atoms with Gasteiger partial charge in [0.1, 0.15) is 0 Å². The SMILES string of the molecule is N[C@H](C(=O)N1CCC[C@H]1B(O)O)C1CCSCC1. The third-order valence-electron chi connectivity index (χ3n) is 3.99. The molecule has 4 N–H and O–H groups in total. The number of thioether (sulfide) groups is 1. The van der Waals surface area contributed by atoms with E-state index in [9.17, 15) is 14.8 Å². The fraction of sp³-hybridized carbons (Fsp3) is 0.909. The van der Waals surface area contributed by atoms with Crippen LogP contribution in [0, 0.1) is 5.92 Å². The molecule has 2 aliphatic heterocycles. The minimum atomic E-state index is -1.45. The Kier molecular flexibility index (Phi) is 4.94. The van der Waals surface area contributed by atoms with Crippen molar-refractivity contribution in [3.63, 3.8) is 0 Å². The summed E-state index contributed by atoms with van der Waals surface area (Å²) in [6.45, 7) is 0.594. The summed E-state index contributed by atoms with van der Waals surface area (Å²) < 4.78 is 0. The minimum absolute atomic E-state index is 0.109. The van der Waals surface area contributed by atoms with Crippen molar-refractivity contribution in [2.45, 2.75) is 37.7 Å². The number of rotatable bonds is 3. The molecule has 7 heteroatoms. The number of hydrogen-bond donors (Lipinski definition) is 3. The van der Waals surface area contributed by atoms with Crippen LogP contribution in [0.4, 0.5) is 0 Å². The highest BCUT2D eigenvalue weighted by Crippen LogP contribution is 2.27. The number of carbonyl (C=O) groups excluding carboxylic acids is 1. The molecule has 5 nitrogen and oxygen atoms in total.